The first kappa shape index (κ1) is 22.8. The minimum absolute atomic E-state index is 0.166. The molecule has 0 aromatic carbocycles. The van der Waals surface area contributed by atoms with Crippen molar-refractivity contribution in [2.45, 2.75) is 63.6 Å². The zero-order valence-corrected chi connectivity index (χ0v) is 19.8. The second-order valence-electron chi connectivity index (χ2n) is 9.42. The van der Waals surface area contributed by atoms with Gasteiger partial charge >= 0.3 is 0 Å². The van der Waals surface area contributed by atoms with Crippen molar-refractivity contribution in [2.75, 3.05) is 22.9 Å². The lowest BCUT2D eigenvalue weighted by molar-refractivity contribution is 0.0549. The number of hydrogen-bond donors (Lipinski definition) is 3. The third-order valence-electron chi connectivity index (χ3n) is 6.91. The predicted molar refractivity (Wildman–Crippen MR) is 129 cm³/mol. The fourth-order valence-corrected chi connectivity index (χ4v) is 6.10. The molecule has 1 unspecified atom stereocenters. The zero-order chi connectivity index (χ0) is 22.6. The fraction of sp³-hybridized carbons (Fsp3) is 0.583. The smallest absolute Gasteiger partial charge is 0.224 e. The van der Waals surface area contributed by atoms with E-state index in [1.54, 1.807) is 18.0 Å². The van der Waals surface area contributed by atoms with Crippen LogP contribution in [0, 0.1) is 28.6 Å². The molecule has 2 aromatic heterocycles. The van der Waals surface area contributed by atoms with Gasteiger partial charge in [-0.25, -0.2) is 9.97 Å². The molecular formula is C24H33N7S. The van der Waals surface area contributed by atoms with Crippen molar-refractivity contribution in [2.24, 2.45) is 23.0 Å². The van der Waals surface area contributed by atoms with Gasteiger partial charge in [-0.15, -0.1) is 11.8 Å². The highest BCUT2D eigenvalue weighted by atomic mass is 32.2. The van der Waals surface area contributed by atoms with Gasteiger partial charge in [0.25, 0.3) is 0 Å². The van der Waals surface area contributed by atoms with Crippen molar-refractivity contribution < 1.29 is 0 Å². The van der Waals surface area contributed by atoms with Crippen LogP contribution in [0.2, 0.25) is 0 Å². The van der Waals surface area contributed by atoms with Gasteiger partial charge in [0.05, 0.1) is 6.20 Å². The molecule has 32 heavy (non-hydrogen) atoms. The molecule has 4 atom stereocenters. The molecule has 2 bridgehead atoms. The first-order chi connectivity index (χ1) is 15.5. The molecule has 2 aliphatic rings. The highest BCUT2D eigenvalue weighted by Gasteiger charge is 2.43. The summed E-state index contributed by atoms with van der Waals surface area (Å²) in [6.45, 7) is 5.84. The summed E-state index contributed by atoms with van der Waals surface area (Å²) in [5.41, 5.74) is 8.23. The summed E-state index contributed by atoms with van der Waals surface area (Å²) in [6, 6.07) is 6.57. The van der Waals surface area contributed by atoms with E-state index in [4.69, 9.17) is 5.73 Å². The summed E-state index contributed by atoms with van der Waals surface area (Å²) in [5.74, 6) is 3.30. The molecule has 0 spiro atoms. The Morgan fingerprint density at radius 2 is 2.03 bits per heavy atom. The van der Waals surface area contributed by atoms with Gasteiger partial charge in [0.1, 0.15) is 22.5 Å². The van der Waals surface area contributed by atoms with Crippen molar-refractivity contribution >= 4 is 23.5 Å². The molecule has 0 radical (unpaired) electrons. The van der Waals surface area contributed by atoms with E-state index in [9.17, 15) is 5.26 Å². The van der Waals surface area contributed by atoms with E-state index >= 15 is 0 Å². The lowest BCUT2D eigenvalue weighted by Crippen LogP contribution is -2.50. The quantitative estimate of drug-likeness (QED) is 0.506. The lowest BCUT2D eigenvalue weighted by atomic mass is 9.59. The molecule has 0 aliphatic heterocycles. The van der Waals surface area contributed by atoms with Gasteiger partial charge in [-0.2, -0.15) is 10.2 Å². The molecule has 2 aliphatic carbocycles. The van der Waals surface area contributed by atoms with E-state index < -0.39 is 0 Å². The van der Waals surface area contributed by atoms with Crippen molar-refractivity contribution in [3.05, 3.63) is 35.7 Å². The number of aromatic nitrogens is 3. The summed E-state index contributed by atoms with van der Waals surface area (Å²) in [5, 5.41) is 17.4. The summed E-state index contributed by atoms with van der Waals surface area (Å²) >= 11 is 1.72. The second-order valence-corrected chi connectivity index (χ2v) is 10.7. The van der Waals surface area contributed by atoms with Crippen LogP contribution in [0.25, 0.3) is 0 Å². The van der Waals surface area contributed by atoms with E-state index in [1.165, 1.54) is 19.3 Å². The summed E-state index contributed by atoms with van der Waals surface area (Å²) in [6.07, 6.45) is 9.46. The molecule has 7 nitrogen and oxygen atoms in total. The van der Waals surface area contributed by atoms with Crippen molar-refractivity contribution in [3.8, 4) is 6.07 Å². The standard InChI is InChI=1S/C24H33N7S/c1-3-32-22-18(8-5-9-27-22)13-28-23-29-14-19(12-25)21(31-23)30-15-24(2)10-16-6-4-7-17(11-24)20(16)26/h5,8-9,14,16-17,20H,3-4,6-7,10-11,13,15,26H2,1-2H3,(H2,28,29,30,31)/t16-,17+,20-,24?. The van der Waals surface area contributed by atoms with Gasteiger partial charge in [-0.1, -0.05) is 26.3 Å². The van der Waals surface area contributed by atoms with Gasteiger partial charge in [0.15, 0.2) is 0 Å². The molecule has 170 valence electrons. The molecule has 4 N–H and O–H groups in total. The number of thioether (sulfide) groups is 1. The maximum absolute atomic E-state index is 9.56. The molecular weight excluding hydrogens is 418 g/mol. The number of rotatable bonds is 8. The number of nitriles is 1. The van der Waals surface area contributed by atoms with E-state index in [0.29, 0.717) is 41.8 Å². The molecule has 2 saturated carbocycles. The summed E-state index contributed by atoms with van der Waals surface area (Å²) in [7, 11) is 0. The van der Waals surface area contributed by atoms with Gasteiger partial charge in [-0.05, 0) is 54.8 Å². The van der Waals surface area contributed by atoms with Crippen LogP contribution < -0.4 is 16.4 Å². The predicted octanol–water partition coefficient (Wildman–Crippen LogP) is 4.42. The maximum Gasteiger partial charge on any atom is 0.224 e. The topological polar surface area (TPSA) is 113 Å². The van der Waals surface area contributed by atoms with Crippen LogP contribution in [-0.2, 0) is 6.54 Å². The normalized spacial score (nSPS) is 26.9. The molecule has 4 rings (SSSR count). The third kappa shape index (κ3) is 5.16. The number of hydrogen-bond acceptors (Lipinski definition) is 8. The summed E-state index contributed by atoms with van der Waals surface area (Å²) < 4.78 is 0. The maximum atomic E-state index is 9.56. The average Bonchev–Trinajstić information content (AvgIpc) is 2.79. The van der Waals surface area contributed by atoms with E-state index in [2.05, 4.69) is 51.6 Å². The minimum Gasteiger partial charge on any atom is -0.368 e. The molecule has 2 aromatic rings. The fourth-order valence-electron chi connectivity index (χ4n) is 5.36. The number of nitrogens with two attached hydrogens (primary N) is 1. The highest BCUT2D eigenvalue weighted by molar-refractivity contribution is 7.99. The number of anilines is 2. The van der Waals surface area contributed by atoms with Crippen LogP contribution in [0.5, 0.6) is 0 Å². The first-order valence-corrected chi connectivity index (χ1v) is 12.6. The molecule has 0 saturated heterocycles. The Bertz CT molecular complexity index is 959. The Morgan fingerprint density at radius 3 is 2.75 bits per heavy atom. The van der Waals surface area contributed by atoms with Gasteiger partial charge in [0, 0.05) is 30.9 Å². The number of fused-ring (bicyclic) bond motifs is 2. The Morgan fingerprint density at radius 1 is 1.25 bits per heavy atom. The SMILES string of the molecule is CCSc1ncccc1CNc1ncc(C#N)c(NCC2(C)C[C@H]3CCC[C@@H](C2)[C@@H]3N)n1. The Hall–Kier alpha value is -2.37. The van der Waals surface area contributed by atoms with E-state index in [1.807, 2.05) is 12.3 Å². The lowest BCUT2D eigenvalue weighted by Gasteiger charge is -2.49. The zero-order valence-electron chi connectivity index (χ0n) is 19.0. The van der Waals surface area contributed by atoms with Crippen LogP contribution in [0.1, 0.15) is 57.1 Å². The summed E-state index contributed by atoms with van der Waals surface area (Å²) in [4.78, 5) is 13.4. The monoisotopic (exact) mass is 451 g/mol. The van der Waals surface area contributed by atoms with Crippen LogP contribution in [0.15, 0.2) is 29.6 Å². The van der Waals surface area contributed by atoms with Gasteiger partial charge < -0.3 is 16.4 Å². The van der Waals surface area contributed by atoms with E-state index in [0.717, 1.165) is 35.7 Å². The molecule has 8 heteroatoms. The first-order valence-electron chi connectivity index (χ1n) is 11.6. The van der Waals surface area contributed by atoms with Crippen LogP contribution in [0.3, 0.4) is 0 Å². The largest absolute Gasteiger partial charge is 0.368 e. The Balaban J connectivity index is 1.43. The van der Waals surface area contributed by atoms with Gasteiger partial charge in [-0.3, -0.25) is 0 Å². The average molecular weight is 452 g/mol. The van der Waals surface area contributed by atoms with Crippen molar-refractivity contribution in [3.63, 3.8) is 0 Å². The number of nitrogens with zero attached hydrogens (tertiary/aromatic N) is 4. The molecule has 0 amide bonds. The van der Waals surface area contributed by atoms with Crippen LogP contribution in [0.4, 0.5) is 11.8 Å². The number of pyridine rings is 1. The Labute approximate surface area is 195 Å². The van der Waals surface area contributed by atoms with Crippen molar-refractivity contribution in [1.82, 2.24) is 15.0 Å². The van der Waals surface area contributed by atoms with Crippen LogP contribution >= 0.6 is 11.8 Å². The highest BCUT2D eigenvalue weighted by Crippen LogP contribution is 2.48. The second kappa shape index (κ2) is 10.1. The molecule has 2 fully saturated rings. The van der Waals surface area contributed by atoms with Crippen molar-refractivity contribution in [1.29, 1.82) is 5.26 Å². The minimum atomic E-state index is 0.166. The van der Waals surface area contributed by atoms with E-state index in [-0.39, 0.29) is 5.41 Å². The van der Waals surface area contributed by atoms with Crippen LogP contribution in [-0.4, -0.2) is 33.3 Å². The molecule has 2 heterocycles. The third-order valence-corrected chi connectivity index (χ3v) is 7.84. The number of nitrogens with one attached hydrogen (secondary N) is 2. The Kier molecular flexibility index (Phi) is 7.17. The van der Waals surface area contributed by atoms with Gasteiger partial charge in [0.2, 0.25) is 5.95 Å².